The van der Waals surface area contributed by atoms with Crippen LogP contribution in [0.4, 0.5) is 0 Å². The van der Waals surface area contributed by atoms with Crippen LogP contribution < -0.4 is 0 Å². The molecule has 2 rings (SSSR count). The van der Waals surface area contributed by atoms with Crippen LogP contribution in [0.25, 0.3) is 10.9 Å². The number of pyridine rings is 1. The minimum Gasteiger partial charge on any atom is -0.255 e. The van der Waals surface area contributed by atoms with Crippen molar-refractivity contribution < 1.29 is 0 Å². The number of fused-ring (bicyclic) bond motifs is 1. The van der Waals surface area contributed by atoms with E-state index in [9.17, 15) is 0 Å². The zero-order valence-corrected chi connectivity index (χ0v) is 8.84. The molecule has 2 aromatic rings. The molecule has 0 aliphatic carbocycles. The first-order valence-corrected chi connectivity index (χ1v) is 5.33. The lowest BCUT2D eigenvalue weighted by Crippen LogP contribution is -1.83. The Bertz CT molecular complexity index is 477. The lowest BCUT2D eigenvalue weighted by Gasteiger charge is -2.04. The van der Waals surface area contributed by atoms with Crippen LogP contribution in [-0.2, 0) is 0 Å². The van der Waals surface area contributed by atoms with Gasteiger partial charge in [-0.25, -0.2) is 0 Å². The number of aryl methyl sites for hydroxylation is 1. The highest BCUT2D eigenvalue weighted by Gasteiger charge is 2.02. The summed E-state index contributed by atoms with van der Waals surface area (Å²) in [6.45, 7) is 5.82. The van der Waals surface area contributed by atoms with Crippen molar-refractivity contribution in [1.82, 2.24) is 4.98 Å². The fraction of sp³-hybridized carbons (Fsp3) is 0.0833. The zero-order valence-electron chi connectivity index (χ0n) is 8.03. The number of benzene rings is 1. The van der Waals surface area contributed by atoms with Gasteiger partial charge in [-0.1, -0.05) is 30.5 Å². The van der Waals surface area contributed by atoms with Gasteiger partial charge < -0.3 is 0 Å². The molecule has 0 saturated carbocycles. The van der Waals surface area contributed by atoms with Gasteiger partial charge >= 0.3 is 0 Å². The average Bonchev–Trinajstić information content (AvgIpc) is 2.20. The molecule has 1 nitrogen and oxygen atoms in total. The van der Waals surface area contributed by atoms with Gasteiger partial charge in [0.1, 0.15) is 0 Å². The monoisotopic (exact) mass is 201 g/mol. The highest BCUT2D eigenvalue weighted by atomic mass is 32.2. The van der Waals surface area contributed by atoms with E-state index in [0.29, 0.717) is 0 Å². The normalized spacial score (nSPS) is 10.4. The lowest BCUT2D eigenvalue weighted by atomic mass is 10.1. The molecule has 0 fully saturated rings. The molecule has 0 aliphatic heterocycles. The topological polar surface area (TPSA) is 12.9 Å². The summed E-state index contributed by atoms with van der Waals surface area (Å²) in [4.78, 5) is 5.56. The quantitative estimate of drug-likeness (QED) is 0.686. The number of nitrogens with zero attached hydrogens (tertiary/aromatic N) is 1. The minimum absolute atomic E-state index is 1.07. The Morgan fingerprint density at radius 2 is 2.21 bits per heavy atom. The van der Waals surface area contributed by atoms with Crippen LogP contribution in [0.1, 0.15) is 5.56 Å². The Morgan fingerprint density at radius 1 is 1.36 bits per heavy atom. The molecular formula is C12H11NS. The average molecular weight is 201 g/mol. The summed E-state index contributed by atoms with van der Waals surface area (Å²) in [5.41, 5.74) is 2.33. The van der Waals surface area contributed by atoms with E-state index in [0.717, 1.165) is 5.52 Å². The molecule has 1 heterocycles. The van der Waals surface area contributed by atoms with Gasteiger partial charge in [0.2, 0.25) is 0 Å². The van der Waals surface area contributed by atoms with E-state index in [-0.39, 0.29) is 0 Å². The van der Waals surface area contributed by atoms with Gasteiger partial charge in [0.25, 0.3) is 0 Å². The number of hydrogen-bond donors (Lipinski definition) is 0. The van der Waals surface area contributed by atoms with E-state index < -0.39 is 0 Å². The maximum atomic E-state index is 4.39. The molecule has 0 bridgehead atoms. The molecule has 70 valence electrons. The number of thioether (sulfide) groups is 1. The first kappa shape index (κ1) is 9.28. The molecule has 0 aliphatic rings. The molecule has 0 saturated heterocycles. The largest absolute Gasteiger partial charge is 0.255 e. The van der Waals surface area contributed by atoms with Crippen LogP contribution in [0.5, 0.6) is 0 Å². The Kier molecular flexibility index (Phi) is 2.55. The van der Waals surface area contributed by atoms with Crippen LogP contribution in [0, 0.1) is 6.92 Å². The molecule has 0 radical (unpaired) electrons. The molecule has 1 aromatic carbocycles. The van der Waals surface area contributed by atoms with Crippen molar-refractivity contribution in [3.05, 3.63) is 48.0 Å². The lowest BCUT2D eigenvalue weighted by molar-refractivity contribution is 1.32. The van der Waals surface area contributed by atoms with Crippen molar-refractivity contribution in [1.29, 1.82) is 0 Å². The van der Waals surface area contributed by atoms with Crippen LogP contribution in [0.2, 0.25) is 0 Å². The van der Waals surface area contributed by atoms with Crippen molar-refractivity contribution in [2.75, 3.05) is 0 Å². The summed E-state index contributed by atoms with van der Waals surface area (Å²) in [7, 11) is 0. The highest BCUT2D eigenvalue weighted by Crippen LogP contribution is 2.27. The smallest absolute Gasteiger partial charge is 0.0843 e. The van der Waals surface area contributed by atoms with Crippen molar-refractivity contribution >= 4 is 22.7 Å². The number of aromatic nitrogens is 1. The molecule has 0 atom stereocenters. The summed E-state index contributed by atoms with van der Waals surface area (Å²) in [6, 6.07) is 8.26. The maximum absolute atomic E-state index is 4.39. The molecule has 0 amide bonds. The third-order valence-corrected chi connectivity index (χ3v) is 2.91. The zero-order chi connectivity index (χ0) is 9.97. The van der Waals surface area contributed by atoms with Crippen LogP contribution in [-0.4, -0.2) is 4.98 Å². The predicted molar refractivity (Wildman–Crippen MR) is 62.5 cm³/mol. The first-order valence-electron chi connectivity index (χ1n) is 4.45. The van der Waals surface area contributed by atoms with Gasteiger partial charge in [-0.05, 0) is 30.0 Å². The minimum atomic E-state index is 1.07. The van der Waals surface area contributed by atoms with Gasteiger partial charge in [0.05, 0.1) is 5.52 Å². The fourth-order valence-electron chi connectivity index (χ4n) is 1.47. The van der Waals surface area contributed by atoms with E-state index >= 15 is 0 Å². The van der Waals surface area contributed by atoms with E-state index in [1.807, 2.05) is 17.7 Å². The van der Waals surface area contributed by atoms with Crippen molar-refractivity contribution in [2.45, 2.75) is 11.8 Å². The SMILES string of the molecule is C=CSc1cccc2c(C)ccnc12. The van der Waals surface area contributed by atoms with Crippen LogP contribution in [0.3, 0.4) is 0 Å². The highest BCUT2D eigenvalue weighted by molar-refractivity contribution is 8.02. The number of rotatable bonds is 2. The maximum Gasteiger partial charge on any atom is 0.0843 e. The molecule has 14 heavy (non-hydrogen) atoms. The van der Waals surface area contributed by atoms with E-state index in [2.05, 4.69) is 36.7 Å². The Hall–Kier alpha value is -1.28. The van der Waals surface area contributed by atoms with Crippen LogP contribution >= 0.6 is 11.8 Å². The van der Waals surface area contributed by atoms with E-state index in [1.165, 1.54) is 15.8 Å². The Balaban J connectivity index is 2.74. The molecular weight excluding hydrogens is 190 g/mol. The molecule has 1 aromatic heterocycles. The molecule has 0 N–H and O–H groups in total. The second-order valence-electron chi connectivity index (χ2n) is 3.06. The van der Waals surface area contributed by atoms with Gasteiger partial charge in [-0.3, -0.25) is 4.98 Å². The first-order chi connectivity index (χ1) is 6.83. The summed E-state index contributed by atoms with van der Waals surface area (Å²) in [6.07, 6.45) is 1.85. The van der Waals surface area contributed by atoms with E-state index in [4.69, 9.17) is 0 Å². The van der Waals surface area contributed by atoms with Gasteiger partial charge in [-0.15, -0.1) is 0 Å². The third kappa shape index (κ3) is 1.53. The number of hydrogen-bond acceptors (Lipinski definition) is 2. The number of para-hydroxylation sites is 1. The standard InChI is InChI=1S/C12H11NS/c1-3-14-11-6-4-5-10-9(2)7-8-13-12(10)11/h3-8H,1H2,2H3. The Morgan fingerprint density at radius 3 is 3.00 bits per heavy atom. The fourth-order valence-corrected chi connectivity index (χ4v) is 2.08. The van der Waals surface area contributed by atoms with Gasteiger partial charge in [-0.2, -0.15) is 0 Å². The second kappa shape index (κ2) is 3.84. The summed E-state index contributed by atoms with van der Waals surface area (Å²) in [5, 5.41) is 3.05. The third-order valence-electron chi connectivity index (χ3n) is 2.16. The predicted octanol–water partition coefficient (Wildman–Crippen LogP) is 3.78. The Labute approximate surface area is 87.9 Å². The van der Waals surface area contributed by atoms with Gasteiger partial charge in [0, 0.05) is 16.5 Å². The molecule has 0 spiro atoms. The van der Waals surface area contributed by atoms with Crippen LogP contribution in [0.15, 0.2) is 47.3 Å². The summed E-state index contributed by atoms with van der Waals surface area (Å²) < 4.78 is 0. The molecule has 2 heteroatoms. The van der Waals surface area contributed by atoms with E-state index in [1.54, 1.807) is 11.8 Å². The van der Waals surface area contributed by atoms with Crippen molar-refractivity contribution in [2.24, 2.45) is 0 Å². The van der Waals surface area contributed by atoms with Crippen molar-refractivity contribution in [3.8, 4) is 0 Å². The summed E-state index contributed by atoms with van der Waals surface area (Å²) in [5.74, 6) is 0. The summed E-state index contributed by atoms with van der Waals surface area (Å²) >= 11 is 1.61. The molecule has 0 unspecified atom stereocenters. The second-order valence-corrected chi connectivity index (χ2v) is 4.07. The van der Waals surface area contributed by atoms with Crippen molar-refractivity contribution in [3.63, 3.8) is 0 Å². The van der Waals surface area contributed by atoms with Gasteiger partial charge in [0.15, 0.2) is 0 Å².